The minimum absolute atomic E-state index is 0.00383. The summed E-state index contributed by atoms with van der Waals surface area (Å²) in [5.74, 6) is 0.00383. The normalized spacial score (nSPS) is 17.9. The Balaban J connectivity index is 1.35. The van der Waals surface area contributed by atoms with Crippen molar-refractivity contribution in [2.45, 2.75) is 25.4 Å². The van der Waals surface area contributed by atoms with Gasteiger partial charge in [-0.1, -0.05) is 18.2 Å². The van der Waals surface area contributed by atoms with Crippen LogP contribution >= 0.6 is 11.3 Å². The number of nitrogens with one attached hydrogen (secondary N) is 2. The molecule has 0 saturated carbocycles. The first-order valence-electron chi connectivity index (χ1n) is 8.93. The molecule has 3 heterocycles. The zero-order valence-electron chi connectivity index (χ0n) is 14.5. The highest BCUT2D eigenvalue weighted by Gasteiger charge is 2.22. The van der Waals surface area contributed by atoms with Gasteiger partial charge in [-0.3, -0.25) is 14.8 Å². The van der Waals surface area contributed by atoms with E-state index in [1.165, 1.54) is 4.88 Å². The third-order valence-corrected chi connectivity index (χ3v) is 5.62. The van der Waals surface area contributed by atoms with Crippen molar-refractivity contribution < 1.29 is 4.79 Å². The Morgan fingerprint density at radius 3 is 2.88 bits per heavy atom. The van der Waals surface area contributed by atoms with Gasteiger partial charge in [0, 0.05) is 35.8 Å². The number of thiophene rings is 1. The van der Waals surface area contributed by atoms with E-state index < -0.39 is 0 Å². The molecule has 2 aromatic heterocycles. The topological polar surface area (TPSA) is 61.0 Å². The Labute approximate surface area is 157 Å². The number of hydrogen-bond donors (Lipinski definition) is 2. The molecule has 6 heteroatoms. The van der Waals surface area contributed by atoms with Gasteiger partial charge in [0.1, 0.15) is 0 Å². The minimum atomic E-state index is 0.00383. The van der Waals surface area contributed by atoms with Gasteiger partial charge in [-0.2, -0.15) is 5.10 Å². The van der Waals surface area contributed by atoms with Crippen LogP contribution in [0.2, 0.25) is 0 Å². The van der Waals surface area contributed by atoms with E-state index in [1.807, 2.05) is 30.3 Å². The molecule has 1 saturated heterocycles. The lowest BCUT2D eigenvalue weighted by Crippen LogP contribution is -2.47. The summed E-state index contributed by atoms with van der Waals surface area (Å²) >= 11 is 1.79. The summed E-state index contributed by atoms with van der Waals surface area (Å²) in [6.07, 6.45) is 3.88. The van der Waals surface area contributed by atoms with Crippen LogP contribution in [0.25, 0.3) is 11.3 Å². The van der Waals surface area contributed by atoms with Crippen LogP contribution in [0.15, 0.2) is 54.0 Å². The average molecular weight is 366 g/mol. The maximum absolute atomic E-state index is 12.6. The van der Waals surface area contributed by atoms with Crippen LogP contribution in [-0.2, 0) is 6.54 Å². The predicted molar refractivity (Wildman–Crippen MR) is 104 cm³/mol. The molecule has 0 bridgehead atoms. The van der Waals surface area contributed by atoms with Gasteiger partial charge in [0.05, 0.1) is 5.69 Å². The second kappa shape index (κ2) is 7.85. The lowest BCUT2D eigenvalue weighted by molar-refractivity contribution is 0.0901. The first-order valence-corrected chi connectivity index (χ1v) is 9.81. The highest BCUT2D eigenvalue weighted by atomic mass is 32.1. The number of H-pyrrole nitrogens is 1. The van der Waals surface area contributed by atoms with Crippen molar-refractivity contribution in [1.29, 1.82) is 0 Å². The second-order valence-corrected chi connectivity index (χ2v) is 7.71. The standard InChI is InChI=1S/C20H22N4OS/c25-20(16-7-5-15(6-8-16)19-9-10-21-23-19)22-17-3-1-11-24(13-17)14-18-4-2-12-26-18/h2,4-10,12,17H,1,3,11,13-14H2,(H,21,23)(H,22,25)/t17-/m0/s1. The van der Waals surface area contributed by atoms with Crippen molar-refractivity contribution in [2.24, 2.45) is 0 Å². The van der Waals surface area contributed by atoms with Crippen molar-refractivity contribution >= 4 is 17.2 Å². The van der Waals surface area contributed by atoms with Gasteiger partial charge >= 0.3 is 0 Å². The number of benzene rings is 1. The van der Waals surface area contributed by atoms with Crippen LogP contribution in [0.3, 0.4) is 0 Å². The van der Waals surface area contributed by atoms with Crippen LogP contribution in [0.5, 0.6) is 0 Å². The lowest BCUT2D eigenvalue weighted by Gasteiger charge is -2.32. The molecule has 134 valence electrons. The number of likely N-dealkylation sites (tertiary alicyclic amines) is 1. The molecule has 0 radical (unpaired) electrons. The van der Waals surface area contributed by atoms with Crippen molar-refractivity contribution in [3.05, 3.63) is 64.5 Å². The van der Waals surface area contributed by atoms with Gasteiger partial charge in [0.25, 0.3) is 5.91 Å². The minimum Gasteiger partial charge on any atom is -0.348 e. The molecular weight excluding hydrogens is 344 g/mol. The van der Waals surface area contributed by atoms with Crippen molar-refractivity contribution in [3.63, 3.8) is 0 Å². The zero-order valence-corrected chi connectivity index (χ0v) is 15.3. The average Bonchev–Trinajstić information content (AvgIpc) is 3.36. The molecule has 4 rings (SSSR count). The van der Waals surface area contributed by atoms with Gasteiger partial charge in [-0.25, -0.2) is 0 Å². The molecular formula is C20H22N4OS. The van der Waals surface area contributed by atoms with E-state index in [0.717, 1.165) is 43.7 Å². The molecule has 1 atom stereocenters. The summed E-state index contributed by atoms with van der Waals surface area (Å²) in [5, 5.41) is 12.2. The van der Waals surface area contributed by atoms with E-state index in [0.29, 0.717) is 5.56 Å². The number of rotatable bonds is 5. The van der Waals surface area contributed by atoms with Gasteiger partial charge in [-0.15, -0.1) is 11.3 Å². The van der Waals surface area contributed by atoms with Crippen molar-refractivity contribution in [2.75, 3.05) is 13.1 Å². The first kappa shape index (κ1) is 17.0. The third kappa shape index (κ3) is 4.03. The molecule has 0 aliphatic carbocycles. The highest BCUT2D eigenvalue weighted by molar-refractivity contribution is 7.09. The summed E-state index contributed by atoms with van der Waals surface area (Å²) < 4.78 is 0. The molecule has 1 aliphatic heterocycles. The van der Waals surface area contributed by atoms with Gasteiger partial charge in [0.15, 0.2) is 0 Å². The number of nitrogens with zero attached hydrogens (tertiary/aromatic N) is 2. The number of piperidine rings is 1. The fourth-order valence-electron chi connectivity index (χ4n) is 3.43. The fraction of sp³-hybridized carbons (Fsp3) is 0.300. The van der Waals surface area contributed by atoms with Crippen molar-refractivity contribution in [3.8, 4) is 11.3 Å². The predicted octanol–water partition coefficient (Wildman–Crippen LogP) is 3.53. The number of hydrogen-bond acceptors (Lipinski definition) is 4. The molecule has 5 nitrogen and oxygen atoms in total. The quantitative estimate of drug-likeness (QED) is 0.726. The monoisotopic (exact) mass is 366 g/mol. The zero-order chi connectivity index (χ0) is 17.8. The van der Waals surface area contributed by atoms with Crippen LogP contribution in [-0.4, -0.2) is 40.1 Å². The smallest absolute Gasteiger partial charge is 0.251 e. The number of carbonyl (C=O) groups excluding carboxylic acids is 1. The highest BCUT2D eigenvalue weighted by Crippen LogP contribution is 2.19. The van der Waals surface area contributed by atoms with Crippen LogP contribution in [0, 0.1) is 0 Å². The maximum Gasteiger partial charge on any atom is 0.251 e. The Bertz CT molecular complexity index is 827. The lowest BCUT2D eigenvalue weighted by atomic mass is 10.0. The van der Waals surface area contributed by atoms with Crippen LogP contribution < -0.4 is 5.32 Å². The molecule has 1 aliphatic rings. The van der Waals surface area contributed by atoms with Crippen LogP contribution in [0.4, 0.5) is 0 Å². The molecule has 3 aromatic rings. The summed E-state index contributed by atoms with van der Waals surface area (Å²) in [4.78, 5) is 16.4. The van der Waals surface area contributed by atoms with E-state index in [9.17, 15) is 4.79 Å². The third-order valence-electron chi connectivity index (χ3n) is 4.76. The number of carbonyl (C=O) groups is 1. The first-order chi connectivity index (χ1) is 12.8. The number of aromatic nitrogens is 2. The van der Waals surface area contributed by atoms with E-state index in [2.05, 4.69) is 37.9 Å². The molecule has 1 amide bonds. The second-order valence-electron chi connectivity index (χ2n) is 6.67. The summed E-state index contributed by atoms with van der Waals surface area (Å²) in [6, 6.07) is 14.0. The van der Waals surface area contributed by atoms with Crippen molar-refractivity contribution in [1.82, 2.24) is 20.4 Å². The van der Waals surface area contributed by atoms with E-state index in [4.69, 9.17) is 0 Å². The van der Waals surface area contributed by atoms with Gasteiger partial charge in [-0.05, 0) is 54.6 Å². The summed E-state index contributed by atoms with van der Waals surface area (Å²) in [6.45, 7) is 2.99. The molecule has 2 N–H and O–H groups in total. The summed E-state index contributed by atoms with van der Waals surface area (Å²) in [5.41, 5.74) is 2.68. The van der Waals surface area contributed by atoms with E-state index in [1.54, 1.807) is 17.5 Å². The molecule has 0 unspecified atom stereocenters. The Hall–Kier alpha value is -2.44. The fourth-order valence-corrected chi connectivity index (χ4v) is 4.17. The summed E-state index contributed by atoms with van der Waals surface area (Å²) in [7, 11) is 0. The number of amides is 1. The number of aromatic amines is 1. The molecule has 0 spiro atoms. The molecule has 26 heavy (non-hydrogen) atoms. The Morgan fingerprint density at radius 2 is 2.15 bits per heavy atom. The largest absolute Gasteiger partial charge is 0.348 e. The van der Waals surface area contributed by atoms with Crippen LogP contribution in [0.1, 0.15) is 28.1 Å². The Morgan fingerprint density at radius 1 is 1.27 bits per heavy atom. The SMILES string of the molecule is O=C(N[C@H]1CCCN(Cc2cccs2)C1)c1ccc(-c2ccn[nH]2)cc1. The van der Waals surface area contributed by atoms with Gasteiger partial charge in [0.2, 0.25) is 0 Å². The maximum atomic E-state index is 12.6. The van der Waals surface area contributed by atoms with E-state index in [-0.39, 0.29) is 11.9 Å². The molecule has 1 fully saturated rings. The van der Waals surface area contributed by atoms with Gasteiger partial charge < -0.3 is 5.32 Å². The Kier molecular flexibility index (Phi) is 5.13. The van der Waals surface area contributed by atoms with E-state index >= 15 is 0 Å². The molecule has 1 aromatic carbocycles.